The summed E-state index contributed by atoms with van der Waals surface area (Å²) in [5.74, 6) is -0.0358. The molecule has 0 saturated carbocycles. The minimum absolute atomic E-state index is 0.320. The second kappa shape index (κ2) is 6.27. The van der Waals surface area contributed by atoms with E-state index < -0.39 is 0 Å². The normalized spacial score (nSPS) is 11.0. The molecular weight excluding hydrogens is 363 g/mol. The Labute approximate surface area is 150 Å². The third-order valence-corrected chi connectivity index (χ3v) is 5.23. The van der Waals surface area contributed by atoms with Gasteiger partial charge in [-0.15, -0.1) is 11.3 Å². The maximum atomic E-state index is 13.3. The van der Waals surface area contributed by atoms with Crippen molar-refractivity contribution in [3.63, 3.8) is 0 Å². The molecule has 25 heavy (non-hydrogen) atoms. The molecule has 0 bridgehead atoms. The van der Waals surface area contributed by atoms with E-state index in [-0.39, 0.29) is 11.7 Å². The van der Waals surface area contributed by atoms with Crippen LogP contribution in [0.15, 0.2) is 55.2 Å². The molecule has 1 N–H and O–H groups in total. The fourth-order valence-corrected chi connectivity index (χ4v) is 3.82. The first-order chi connectivity index (χ1) is 12.1. The van der Waals surface area contributed by atoms with Crippen molar-refractivity contribution in [2.45, 2.75) is 0 Å². The quantitative estimate of drug-likeness (QED) is 0.575. The molecule has 3 heterocycles. The Morgan fingerprint density at radius 2 is 2.16 bits per heavy atom. The van der Waals surface area contributed by atoms with Crippen molar-refractivity contribution < 1.29 is 9.18 Å². The highest BCUT2D eigenvalue weighted by molar-refractivity contribution is 7.21. The zero-order chi connectivity index (χ0) is 17.4. The Balaban J connectivity index is 1.59. The summed E-state index contributed by atoms with van der Waals surface area (Å²) in [5, 5.41) is 3.73. The molecule has 1 aromatic carbocycles. The molecule has 0 fully saturated rings. The van der Waals surface area contributed by atoms with Gasteiger partial charge in [0.1, 0.15) is 22.8 Å². The van der Waals surface area contributed by atoms with Crippen LogP contribution in [0, 0.1) is 5.82 Å². The van der Waals surface area contributed by atoms with Crippen molar-refractivity contribution in [2.75, 3.05) is 5.32 Å². The number of fused-ring (bicyclic) bond motifs is 1. The van der Waals surface area contributed by atoms with Crippen LogP contribution in [0.3, 0.4) is 0 Å². The first kappa shape index (κ1) is 15.7. The van der Waals surface area contributed by atoms with Crippen LogP contribution in [-0.4, -0.2) is 20.4 Å². The number of imidazole rings is 1. The molecule has 4 rings (SSSR count). The van der Waals surface area contributed by atoms with Crippen LogP contribution in [0.4, 0.5) is 10.1 Å². The topological polar surface area (TPSA) is 59.8 Å². The molecule has 0 unspecified atom stereocenters. The lowest BCUT2D eigenvalue weighted by Crippen LogP contribution is -2.11. The molecule has 8 heteroatoms. The van der Waals surface area contributed by atoms with Gasteiger partial charge in [-0.25, -0.2) is 14.4 Å². The van der Waals surface area contributed by atoms with Crippen LogP contribution in [0.1, 0.15) is 9.67 Å². The second-order valence-corrected chi connectivity index (χ2v) is 6.64. The number of rotatable bonds is 3. The second-order valence-electron chi connectivity index (χ2n) is 5.21. The first-order valence-corrected chi connectivity index (χ1v) is 8.44. The van der Waals surface area contributed by atoms with Gasteiger partial charge in [0, 0.05) is 22.5 Å². The van der Waals surface area contributed by atoms with Crippen LogP contribution in [0.25, 0.3) is 15.9 Å². The number of nitrogens with zero attached hydrogens (tertiary/aromatic N) is 3. The van der Waals surface area contributed by atoms with Crippen LogP contribution in [0.2, 0.25) is 5.02 Å². The van der Waals surface area contributed by atoms with E-state index in [9.17, 15) is 9.18 Å². The van der Waals surface area contributed by atoms with Crippen LogP contribution < -0.4 is 5.32 Å². The molecule has 0 spiro atoms. The Hall–Kier alpha value is -2.77. The molecular formula is C17H10ClFN4OS. The van der Waals surface area contributed by atoms with Crippen molar-refractivity contribution in [2.24, 2.45) is 0 Å². The number of benzene rings is 1. The number of hydrogen-bond acceptors (Lipinski definition) is 4. The fraction of sp³-hybridized carbons (Fsp3) is 0. The summed E-state index contributed by atoms with van der Waals surface area (Å²) in [4.78, 5) is 21.0. The van der Waals surface area contributed by atoms with Gasteiger partial charge in [-0.1, -0.05) is 11.6 Å². The van der Waals surface area contributed by atoms with Crippen molar-refractivity contribution >= 4 is 44.6 Å². The van der Waals surface area contributed by atoms with Gasteiger partial charge in [-0.05, 0) is 30.3 Å². The van der Waals surface area contributed by atoms with Crippen LogP contribution in [-0.2, 0) is 0 Å². The number of anilines is 1. The van der Waals surface area contributed by atoms with Gasteiger partial charge in [0.25, 0.3) is 5.91 Å². The van der Waals surface area contributed by atoms with Gasteiger partial charge in [0.2, 0.25) is 0 Å². The highest BCUT2D eigenvalue weighted by atomic mass is 35.5. The van der Waals surface area contributed by atoms with Crippen LogP contribution >= 0.6 is 22.9 Å². The van der Waals surface area contributed by atoms with E-state index in [2.05, 4.69) is 15.3 Å². The number of thiophene rings is 1. The largest absolute Gasteiger partial charge is 0.320 e. The predicted molar refractivity (Wildman–Crippen MR) is 96.1 cm³/mol. The molecule has 124 valence electrons. The molecule has 0 aliphatic carbocycles. The first-order valence-electron chi connectivity index (χ1n) is 7.25. The third kappa shape index (κ3) is 2.99. The maximum absolute atomic E-state index is 13.3. The van der Waals surface area contributed by atoms with Gasteiger partial charge in [-0.3, -0.25) is 9.36 Å². The summed E-state index contributed by atoms with van der Waals surface area (Å²) >= 11 is 7.41. The number of carbonyl (C=O) groups excluding carboxylic acids is 1. The molecule has 5 nitrogen and oxygen atoms in total. The maximum Gasteiger partial charge on any atom is 0.267 e. The number of hydrogen-bond donors (Lipinski definition) is 1. The Morgan fingerprint density at radius 1 is 1.28 bits per heavy atom. The van der Waals surface area contributed by atoms with Crippen molar-refractivity contribution in [1.82, 2.24) is 14.5 Å². The molecule has 4 aromatic rings. The predicted octanol–water partition coefficient (Wildman–Crippen LogP) is 4.53. The number of amides is 1. The van der Waals surface area contributed by atoms with E-state index in [0.717, 1.165) is 11.3 Å². The summed E-state index contributed by atoms with van der Waals surface area (Å²) in [6.45, 7) is 0. The molecule has 0 saturated heterocycles. The van der Waals surface area contributed by atoms with E-state index in [1.54, 1.807) is 47.7 Å². The van der Waals surface area contributed by atoms with E-state index in [4.69, 9.17) is 11.6 Å². The Bertz CT molecular complexity index is 1060. The lowest BCUT2D eigenvalue weighted by Gasteiger charge is -2.05. The summed E-state index contributed by atoms with van der Waals surface area (Å²) < 4.78 is 15.7. The van der Waals surface area contributed by atoms with Gasteiger partial charge in [0.05, 0.1) is 16.9 Å². The van der Waals surface area contributed by atoms with Gasteiger partial charge >= 0.3 is 0 Å². The smallest absolute Gasteiger partial charge is 0.267 e. The minimum Gasteiger partial charge on any atom is -0.320 e. The summed E-state index contributed by atoms with van der Waals surface area (Å²) in [6.07, 6.45) is 6.62. The molecule has 1 amide bonds. The minimum atomic E-state index is -0.364. The highest BCUT2D eigenvalue weighted by Gasteiger charge is 2.17. The Kier molecular flexibility index (Phi) is 3.95. The zero-order valence-electron chi connectivity index (χ0n) is 12.6. The molecule has 3 aromatic heterocycles. The number of carbonyl (C=O) groups is 1. The van der Waals surface area contributed by atoms with E-state index in [1.807, 2.05) is 0 Å². The molecule has 0 aliphatic heterocycles. The summed E-state index contributed by atoms with van der Waals surface area (Å²) in [7, 11) is 0. The number of halogens is 2. The SMILES string of the molecule is O=C(Nc1ccc(-n2ccnc2)nc1)c1sc2cc(F)ccc2c1Cl. The van der Waals surface area contributed by atoms with Gasteiger partial charge in [-0.2, -0.15) is 0 Å². The molecule has 0 radical (unpaired) electrons. The fourth-order valence-electron chi connectivity index (χ4n) is 2.38. The average Bonchev–Trinajstić information content (AvgIpc) is 3.24. The highest BCUT2D eigenvalue weighted by Crippen LogP contribution is 2.36. The summed E-state index contributed by atoms with van der Waals surface area (Å²) in [6, 6.07) is 7.76. The van der Waals surface area contributed by atoms with E-state index >= 15 is 0 Å². The average molecular weight is 373 g/mol. The lowest BCUT2D eigenvalue weighted by atomic mass is 10.2. The van der Waals surface area contributed by atoms with Gasteiger partial charge in [0.15, 0.2) is 0 Å². The standard InChI is InChI=1S/C17H10ClFN4OS/c18-15-12-3-1-10(19)7-13(12)25-16(15)17(24)22-11-2-4-14(21-8-11)23-6-5-20-9-23/h1-9H,(H,22,24). The summed E-state index contributed by atoms with van der Waals surface area (Å²) in [5.41, 5.74) is 0.536. The zero-order valence-corrected chi connectivity index (χ0v) is 14.2. The van der Waals surface area contributed by atoms with Crippen LogP contribution in [0.5, 0.6) is 0 Å². The molecule has 0 aliphatic rings. The van der Waals surface area contributed by atoms with Gasteiger partial charge < -0.3 is 5.32 Å². The monoisotopic (exact) mass is 372 g/mol. The van der Waals surface area contributed by atoms with E-state index in [0.29, 0.717) is 31.5 Å². The molecule has 0 atom stereocenters. The van der Waals surface area contributed by atoms with E-state index in [1.165, 1.54) is 12.1 Å². The van der Waals surface area contributed by atoms with Crippen molar-refractivity contribution in [3.05, 3.63) is 71.0 Å². The number of aromatic nitrogens is 3. The number of pyridine rings is 1. The van der Waals surface area contributed by atoms with Crippen molar-refractivity contribution in [1.29, 1.82) is 0 Å². The lowest BCUT2D eigenvalue weighted by molar-refractivity contribution is 0.103. The number of nitrogens with one attached hydrogen (secondary N) is 1. The van der Waals surface area contributed by atoms with Crippen molar-refractivity contribution in [3.8, 4) is 5.82 Å². The Morgan fingerprint density at radius 3 is 2.88 bits per heavy atom. The third-order valence-electron chi connectivity index (χ3n) is 3.57.